The van der Waals surface area contributed by atoms with Crippen molar-refractivity contribution in [2.75, 3.05) is 13.1 Å². The molecule has 3 aliphatic rings. The van der Waals surface area contributed by atoms with Crippen LogP contribution >= 0.6 is 0 Å². The van der Waals surface area contributed by atoms with E-state index in [-0.39, 0.29) is 0 Å². The molecule has 3 fully saturated rings. The Morgan fingerprint density at radius 2 is 1.65 bits per heavy atom. The Hall–Kier alpha value is -0.0800. The van der Waals surface area contributed by atoms with Gasteiger partial charge in [0.05, 0.1) is 0 Å². The van der Waals surface area contributed by atoms with E-state index in [1.54, 1.807) is 0 Å². The second-order valence-electron chi connectivity index (χ2n) is 6.69. The highest BCUT2D eigenvalue weighted by atomic mass is 15.2. The van der Waals surface area contributed by atoms with E-state index < -0.39 is 0 Å². The number of hydrogen-bond acceptors (Lipinski definition) is 2. The lowest BCUT2D eigenvalue weighted by atomic mass is 9.85. The van der Waals surface area contributed by atoms with Crippen LogP contribution in [0.2, 0.25) is 0 Å². The van der Waals surface area contributed by atoms with Gasteiger partial charge >= 0.3 is 0 Å². The predicted octanol–water partition coefficient (Wildman–Crippen LogP) is 2.78. The molecule has 2 saturated carbocycles. The number of rotatable bonds is 3. The topological polar surface area (TPSA) is 15.3 Å². The largest absolute Gasteiger partial charge is 0.310 e. The molecule has 0 aromatic carbocycles. The average molecular weight is 236 g/mol. The Balaban J connectivity index is 1.48. The fourth-order valence-corrected chi connectivity index (χ4v) is 3.67. The molecule has 3 rings (SSSR count). The van der Waals surface area contributed by atoms with Crippen molar-refractivity contribution in [3.8, 4) is 0 Å². The Kier molecular flexibility index (Phi) is 3.72. The first-order valence-electron chi connectivity index (χ1n) is 7.81. The van der Waals surface area contributed by atoms with Crippen molar-refractivity contribution < 1.29 is 0 Å². The van der Waals surface area contributed by atoms with Crippen molar-refractivity contribution >= 4 is 0 Å². The van der Waals surface area contributed by atoms with E-state index in [1.165, 1.54) is 64.5 Å². The van der Waals surface area contributed by atoms with Gasteiger partial charge in [-0.1, -0.05) is 6.92 Å². The van der Waals surface area contributed by atoms with Crippen LogP contribution in [0.15, 0.2) is 0 Å². The smallest absolute Gasteiger partial charge is 0.0198 e. The molecule has 1 heterocycles. The first-order chi connectivity index (χ1) is 8.31. The highest BCUT2D eigenvalue weighted by Crippen LogP contribution is 2.29. The van der Waals surface area contributed by atoms with Crippen molar-refractivity contribution in [1.82, 2.24) is 10.2 Å². The van der Waals surface area contributed by atoms with E-state index in [4.69, 9.17) is 0 Å². The fraction of sp³-hybridized carbons (Fsp3) is 1.00. The third kappa shape index (κ3) is 3.23. The lowest BCUT2D eigenvalue weighted by molar-refractivity contribution is 0.0993. The molecule has 0 amide bonds. The van der Waals surface area contributed by atoms with Crippen molar-refractivity contribution in [2.24, 2.45) is 5.92 Å². The highest BCUT2D eigenvalue weighted by molar-refractivity contribution is 4.90. The Bertz CT molecular complexity index is 241. The summed E-state index contributed by atoms with van der Waals surface area (Å²) in [5, 5.41) is 3.83. The van der Waals surface area contributed by atoms with Gasteiger partial charge in [0.15, 0.2) is 0 Å². The van der Waals surface area contributed by atoms with Crippen LogP contribution in [0.4, 0.5) is 0 Å². The van der Waals surface area contributed by atoms with Crippen molar-refractivity contribution in [3.63, 3.8) is 0 Å². The van der Waals surface area contributed by atoms with Crippen molar-refractivity contribution in [1.29, 1.82) is 0 Å². The Morgan fingerprint density at radius 1 is 0.882 bits per heavy atom. The molecule has 1 N–H and O–H groups in total. The minimum absolute atomic E-state index is 0.801. The molecule has 1 unspecified atom stereocenters. The molecular formula is C15H28N2. The summed E-state index contributed by atoms with van der Waals surface area (Å²) >= 11 is 0. The molecule has 0 aromatic heterocycles. The molecule has 2 heteroatoms. The maximum atomic E-state index is 3.83. The molecule has 0 aromatic rings. The first-order valence-corrected chi connectivity index (χ1v) is 7.81. The molecule has 0 spiro atoms. The van der Waals surface area contributed by atoms with Crippen LogP contribution < -0.4 is 5.32 Å². The van der Waals surface area contributed by atoms with E-state index in [9.17, 15) is 0 Å². The van der Waals surface area contributed by atoms with Crippen LogP contribution in [-0.4, -0.2) is 36.1 Å². The van der Waals surface area contributed by atoms with Gasteiger partial charge in [-0.2, -0.15) is 0 Å². The molecule has 98 valence electrons. The number of nitrogens with one attached hydrogen (secondary N) is 1. The van der Waals surface area contributed by atoms with E-state index in [0.717, 1.165) is 24.0 Å². The summed E-state index contributed by atoms with van der Waals surface area (Å²) < 4.78 is 0. The van der Waals surface area contributed by atoms with E-state index >= 15 is 0 Å². The molecule has 17 heavy (non-hydrogen) atoms. The molecule has 1 aliphatic heterocycles. The molecule has 0 radical (unpaired) electrons. The van der Waals surface area contributed by atoms with Gasteiger partial charge in [-0.3, -0.25) is 4.90 Å². The second-order valence-corrected chi connectivity index (χ2v) is 6.69. The van der Waals surface area contributed by atoms with Crippen LogP contribution in [0, 0.1) is 5.92 Å². The predicted molar refractivity (Wildman–Crippen MR) is 72.2 cm³/mol. The van der Waals surface area contributed by atoms with Crippen LogP contribution in [-0.2, 0) is 0 Å². The van der Waals surface area contributed by atoms with Gasteiger partial charge in [-0.15, -0.1) is 0 Å². The van der Waals surface area contributed by atoms with Gasteiger partial charge < -0.3 is 5.32 Å². The molecule has 2 nitrogen and oxygen atoms in total. The zero-order valence-electron chi connectivity index (χ0n) is 11.3. The summed E-state index contributed by atoms with van der Waals surface area (Å²) in [6, 6.07) is 2.59. The summed E-state index contributed by atoms with van der Waals surface area (Å²) in [5.41, 5.74) is 0. The fourth-order valence-electron chi connectivity index (χ4n) is 3.67. The average Bonchev–Trinajstić information content (AvgIpc) is 3.14. The maximum Gasteiger partial charge on any atom is 0.0198 e. The van der Waals surface area contributed by atoms with Crippen molar-refractivity contribution in [3.05, 3.63) is 0 Å². The van der Waals surface area contributed by atoms with E-state index in [2.05, 4.69) is 17.1 Å². The highest BCUT2D eigenvalue weighted by Gasteiger charge is 2.31. The summed E-state index contributed by atoms with van der Waals surface area (Å²) in [7, 11) is 0. The monoisotopic (exact) mass is 236 g/mol. The zero-order chi connectivity index (χ0) is 11.7. The van der Waals surface area contributed by atoms with Gasteiger partial charge in [0.25, 0.3) is 0 Å². The quantitative estimate of drug-likeness (QED) is 0.810. The zero-order valence-corrected chi connectivity index (χ0v) is 11.3. The standard InChI is InChI=1S/C15H28N2/c1-12-4-8-15(9-5-12)17-10-2-3-14(11-17)16-13-6-7-13/h12-16H,2-11H2,1H3. The second kappa shape index (κ2) is 5.27. The SMILES string of the molecule is CC1CCC(N2CCCC(NC3CC3)C2)CC1. The van der Waals surface area contributed by atoms with Crippen LogP contribution in [0.25, 0.3) is 0 Å². The molecular weight excluding hydrogens is 208 g/mol. The van der Waals surface area contributed by atoms with Gasteiger partial charge in [0, 0.05) is 24.7 Å². The molecule has 1 atom stereocenters. The molecule has 1 saturated heterocycles. The van der Waals surface area contributed by atoms with Crippen LogP contribution in [0.3, 0.4) is 0 Å². The summed E-state index contributed by atoms with van der Waals surface area (Å²) in [6.45, 7) is 5.11. The Labute approximate surface area is 106 Å². The number of likely N-dealkylation sites (tertiary alicyclic amines) is 1. The first kappa shape index (κ1) is 12.0. The third-order valence-corrected chi connectivity index (χ3v) is 5.00. The summed E-state index contributed by atoms with van der Waals surface area (Å²) in [5.74, 6) is 0.983. The minimum atomic E-state index is 0.801. The normalized spacial score (nSPS) is 40.4. The lowest BCUT2D eigenvalue weighted by Crippen LogP contribution is -2.50. The Morgan fingerprint density at radius 3 is 2.35 bits per heavy atom. The van der Waals surface area contributed by atoms with Gasteiger partial charge in [-0.25, -0.2) is 0 Å². The molecule has 2 aliphatic carbocycles. The number of piperidine rings is 1. The summed E-state index contributed by atoms with van der Waals surface area (Å²) in [4.78, 5) is 2.80. The maximum absolute atomic E-state index is 3.83. The van der Waals surface area contributed by atoms with Crippen molar-refractivity contribution in [2.45, 2.75) is 76.4 Å². The van der Waals surface area contributed by atoms with Gasteiger partial charge in [0.2, 0.25) is 0 Å². The van der Waals surface area contributed by atoms with Gasteiger partial charge in [-0.05, 0) is 63.8 Å². The van der Waals surface area contributed by atoms with E-state index in [0.29, 0.717) is 0 Å². The number of nitrogens with zero attached hydrogens (tertiary/aromatic N) is 1. The number of hydrogen-bond donors (Lipinski definition) is 1. The molecule has 0 bridgehead atoms. The summed E-state index contributed by atoms with van der Waals surface area (Å²) in [6.07, 6.45) is 11.5. The van der Waals surface area contributed by atoms with E-state index in [1.807, 2.05) is 0 Å². The third-order valence-electron chi connectivity index (χ3n) is 5.00. The lowest BCUT2D eigenvalue weighted by Gasteiger charge is -2.41. The van der Waals surface area contributed by atoms with Crippen LogP contribution in [0.1, 0.15) is 58.3 Å². The minimum Gasteiger partial charge on any atom is -0.310 e. The van der Waals surface area contributed by atoms with Crippen LogP contribution in [0.5, 0.6) is 0 Å². The van der Waals surface area contributed by atoms with Gasteiger partial charge in [0.1, 0.15) is 0 Å².